The van der Waals surface area contributed by atoms with Gasteiger partial charge in [-0.15, -0.1) is 0 Å². The van der Waals surface area contributed by atoms with Gasteiger partial charge in [0.05, 0.1) is 6.33 Å². The Labute approximate surface area is 138 Å². The fourth-order valence-electron chi connectivity index (χ4n) is 3.39. The van der Waals surface area contributed by atoms with Crippen molar-refractivity contribution < 1.29 is 14.2 Å². The van der Waals surface area contributed by atoms with E-state index in [9.17, 15) is 0 Å². The lowest BCUT2D eigenvalue weighted by molar-refractivity contribution is -0.195. The molecule has 130 valence electrons. The second-order valence-corrected chi connectivity index (χ2v) is 6.48. The van der Waals surface area contributed by atoms with E-state index in [1.165, 1.54) is 0 Å². The Balaban J connectivity index is 1.76. The molecule has 24 heavy (non-hydrogen) atoms. The number of imidazole rings is 1. The minimum atomic E-state index is -0.674. The molecule has 2 aliphatic heterocycles. The van der Waals surface area contributed by atoms with E-state index in [0.717, 1.165) is 0 Å². The number of nitrogen functional groups attached to an aromatic ring is 2. The number of fused-ring (bicyclic) bond motifs is 2. The van der Waals surface area contributed by atoms with Gasteiger partial charge in [0.15, 0.2) is 23.5 Å². The fourth-order valence-corrected chi connectivity index (χ4v) is 3.39. The predicted molar refractivity (Wildman–Crippen MR) is 85.8 cm³/mol. The average molecular weight is 335 g/mol. The molecule has 5 N–H and O–H groups in total. The molecule has 4 atom stereocenters. The summed E-state index contributed by atoms with van der Waals surface area (Å²) >= 11 is 0. The monoisotopic (exact) mass is 335 g/mol. The van der Waals surface area contributed by atoms with Crippen molar-refractivity contribution in [2.75, 3.05) is 25.1 Å². The maximum atomic E-state index is 6.16. The van der Waals surface area contributed by atoms with Crippen molar-refractivity contribution in [1.82, 2.24) is 24.8 Å². The largest absolute Gasteiger partial charge is 0.382 e. The van der Waals surface area contributed by atoms with Gasteiger partial charge in [-0.25, -0.2) is 4.98 Å². The minimum Gasteiger partial charge on any atom is -0.382 e. The highest BCUT2D eigenvalue weighted by molar-refractivity contribution is 5.82. The first-order valence-electron chi connectivity index (χ1n) is 7.81. The SMILES string of the molecule is CNC[C@H]1O[C@@H](n2cnc3c(N)nc(N)nc32)[C@@H]2OC(C)(C)O[C@@H]21. The van der Waals surface area contributed by atoms with Crippen LogP contribution in [0.25, 0.3) is 11.2 Å². The minimum absolute atomic E-state index is 0.0898. The van der Waals surface area contributed by atoms with Crippen molar-refractivity contribution in [3.8, 4) is 0 Å². The van der Waals surface area contributed by atoms with Gasteiger partial charge in [-0.05, 0) is 20.9 Å². The lowest BCUT2D eigenvalue weighted by atomic mass is 10.1. The van der Waals surface area contributed by atoms with Crippen LogP contribution in [0.2, 0.25) is 0 Å². The average Bonchev–Trinajstić information content (AvgIpc) is 3.12. The third-order valence-corrected chi connectivity index (χ3v) is 4.27. The van der Waals surface area contributed by atoms with E-state index in [0.29, 0.717) is 17.7 Å². The normalized spacial score (nSPS) is 31.6. The van der Waals surface area contributed by atoms with Gasteiger partial charge in [-0.3, -0.25) is 4.57 Å². The molecule has 0 amide bonds. The number of rotatable bonds is 3. The standard InChI is InChI=1S/C14H21N7O3/c1-14(2)23-8-6(4-17-3)22-12(9(8)24-14)21-5-18-7-10(15)19-13(16)20-11(7)21/h5-6,8-9,12,17H,4H2,1-3H3,(H4,15,16,19,20)/t6-,8-,9-,12-/m1/s1. The van der Waals surface area contributed by atoms with Crippen LogP contribution in [0.1, 0.15) is 20.1 Å². The molecule has 2 aromatic rings. The van der Waals surface area contributed by atoms with E-state index in [1.54, 1.807) is 10.9 Å². The number of nitrogens with two attached hydrogens (primary N) is 2. The Morgan fingerprint density at radius 1 is 1.25 bits per heavy atom. The molecule has 10 nitrogen and oxygen atoms in total. The highest BCUT2D eigenvalue weighted by atomic mass is 16.8. The number of ether oxygens (including phenoxy) is 3. The summed E-state index contributed by atoms with van der Waals surface area (Å²) in [7, 11) is 1.87. The van der Waals surface area contributed by atoms with Gasteiger partial charge in [0.2, 0.25) is 5.95 Å². The number of aromatic nitrogens is 4. The Morgan fingerprint density at radius 3 is 2.75 bits per heavy atom. The summed E-state index contributed by atoms with van der Waals surface area (Å²) in [4.78, 5) is 12.5. The zero-order valence-electron chi connectivity index (χ0n) is 13.8. The van der Waals surface area contributed by atoms with Crippen LogP contribution in [-0.4, -0.2) is 57.2 Å². The topological polar surface area (TPSA) is 135 Å². The van der Waals surface area contributed by atoms with Gasteiger partial charge in [0.25, 0.3) is 0 Å². The second kappa shape index (κ2) is 5.24. The molecular weight excluding hydrogens is 314 g/mol. The van der Waals surface area contributed by atoms with E-state index in [1.807, 2.05) is 20.9 Å². The molecule has 0 bridgehead atoms. The second-order valence-electron chi connectivity index (χ2n) is 6.48. The fraction of sp³-hybridized carbons (Fsp3) is 0.643. The van der Waals surface area contributed by atoms with E-state index in [-0.39, 0.29) is 30.1 Å². The number of nitrogens with one attached hydrogen (secondary N) is 1. The summed E-state index contributed by atoms with van der Waals surface area (Å²) in [5.41, 5.74) is 12.6. The zero-order chi connectivity index (χ0) is 17.1. The third kappa shape index (κ3) is 2.30. The number of nitrogens with zero attached hydrogens (tertiary/aromatic N) is 4. The molecule has 2 aromatic heterocycles. The molecule has 0 saturated carbocycles. The van der Waals surface area contributed by atoms with Crippen LogP contribution in [0, 0.1) is 0 Å². The van der Waals surface area contributed by atoms with E-state index >= 15 is 0 Å². The Hall–Kier alpha value is -2.01. The van der Waals surface area contributed by atoms with Crippen LogP contribution < -0.4 is 16.8 Å². The van der Waals surface area contributed by atoms with Crippen LogP contribution in [-0.2, 0) is 14.2 Å². The van der Waals surface area contributed by atoms with Crippen LogP contribution in [0.5, 0.6) is 0 Å². The van der Waals surface area contributed by atoms with Crippen LogP contribution in [0.3, 0.4) is 0 Å². The quantitative estimate of drug-likeness (QED) is 0.686. The molecule has 4 rings (SSSR count). The van der Waals surface area contributed by atoms with Crippen LogP contribution in [0.4, 0.5) is 11.8 Å². The Bertz CT molecular complexity index is 777. The summed E-state index contributed by atoms with van der Waals surface area (Å²) in [6, 6.07) is 0. The van der Waals surface area contributed by atoms with Gasteiger partial charge in [-0.2, -0.15) is 9.97 Å². The van der Waals surface area contributed by atoms with Gasteiger partial charge < -0.3 is 31.0 Å². The molecule has 0 unspecified atom stereocenters. The molecule has 0 aliphatic carbocycles. The maximum Gasteiger partial charge on any atom is 0.224 e. The molecule has 2 aliphatic rings. The van der Waals surface area contributed by atoms with Gasteiger partial charge in [0.1, 0.15) is 23.8 Å². The highest BCUT2D eigenvalue weighted by Crippen LogP contribution is 2.43. The lowest BCUT2D eigenvalue weighted by Gasteiger charge is -2.24. The van der Waals surface area contributed by atoms with Gasteiger partial charge >= 0.3 is 0 Å². The molecule has 10 heteroatoms. The van der Waals surface area contributed by atoms with Gasteiger partial charge in [-0.1, -0.05) is 0 Å². The smallest absolute Gasteiger partial charge is 0.224 e. The zero-order valence-corrected chi connectivity index (χ0v) is 13.8. The van der Waals surface area contributed by atoms with E-state index < -0.39 is 12.0 Å². The molecule has 4 heterocycles. The lowest BCUT2D eigenvalue weighted by Crippen LogP contribution is -2.36. The third-order valence-electron chi connectivity index (χ3n) is 4.27. The number of likely N-dealkylation sites (N-methyl/N-ethyl adjacent to an activating group) is 1. The van der Waals surface area contributed by atoms with Crippen LogP contribution >= 0.6 is 0 Å². The van der Waals surface area contributed by atoms with Crippen molar-refractivity contribution in [3.63, 3.8) is 0 Å². The summed E-state index contributed by atoms with van der Waals surface area (Å²) < 4.78 is 20.0. The van der Waals surface area contributed by atoms with Crippen molar-refractivity contribution in [2.24, 2.45) is 0 Å². The number of hydrogen-bond acceptors (Lipinski definition) is 9. The summed E-state index contributed by atoms with van der Waals surface area (Å²) in [5, 5.41) is 3.12. The van der Waals surface area contributed by atoms with E-state index in [4.69, 9.17) is 25.7 Å². The van der Waals surface area contributed by atoms with Crippen molar-refractivity contribution in [3.05, 3.63) is 6.33 Å². The van der Waals surface area contributed by atoms with Gasteiger partial charge in [0, 0.05) is 6.54 Å². The van der Waals surface area contributed by atoms with E-state index in [2.05, 4.69) is 20.3 Å². The Morgan fingerprint density at radius 2 is 2.00 bits per heavy atom. The molecule has 2 fully saturated rings. The first kappa shape index (κ1) is 15.5. The first-order chi connectivity index (χ1) is 11.4. The predicted octanol–water partition coefficient (Wildman–Crippen LogP) is -0.372. The molecule has 0 spiro atoms. The van der Waals surface area contributed by atoms with Crippen molar-refractivity contribution in [1.29, 1.82) is 0 Å². The number of anilines is 2. The summed E-state index contributed by atoms with van der Waals surface area (Å²) in [6.45, 7) is 4.43. The molecule has 0 radical (unpaired) electrons. The molecule has 0 aromatic carbocycles. The Kier molecular flexibility index (Phi) is 3.39. The first-order valence-corrected chi connectivity index (χ1v) is 7.81. The highest BCUT2D eigenvalue weighted by Gasteiger charge is 2.55. The van der Waals surface area contributed by atoms with Crippen LogP contribution in [0.15, 0.2) is 6.33 Å². The van der Waals surface area contributed by atoms with Crippen molar-refractivity contribution in [2.45, 2.75) is 44.2 Å². The maximum absolute atomic E-state index is 6.16. The van der Waals surface area contributed by atoms with Crippen molar-refractivity contribution >= 4 is 22.9 Å². The molecule has 2 saturated heterocycles. The summed E-state index contributed by atoms with van der Waals surface area (Å²) in [6.07, 6.45) is 0.557. The number of hydrogen-bond donors (Lipinski definition) is 3. The molecular formula is C14H21N7O3. The summed E-state index contributed by atoms with van der Waals surface area (Å²) in [5.74, 6) is -0.347.